The molecular weight excluding hydrogens is 244 g/mol. The van der Waals surface area contributed by atoms with Crippen LogP contribution in [0.5, 0.6) is 0 Å². The van der Waals surface area contributed by atoms with Gasteiger partial charge < -0.3 is 15.6 Å². The molecule has 1 amide bonds. The van der Waals surface area contributed by atoms with Gasteiger partial charge in [0.05, 0.1) is 12.2 Å². The summed E-state index contributed by atoms with van der Waals surface area (Å²) in [7, 11) is 0. The number of amides is 1. The molecule has 19 heavy (non-hydrogen) atoms. The number of hydrogen-bond acceptors (Lipinski definition) is 4. The van der Waals surface area contributed by atoms with Crippen molar-refractivity contribution in [1.29, 1.82) is 0 Å². The molecule has 0 spiro atoms. The molecule has 2 heterocycles. The van der Waals surface area contributed by atoms with Gasteiger partial charge in [0.15, 0.2) is 0 Å². The van der Waals surface area contributed by atoms with E-state index in [0.29, 0.717) is 12.2 Å². The van der Waals surface area contributed by atoms with Crippen LogP contribution in [0.3, 0.4) is 0 Å². The molecule has 0 aliphatic heterocycles. The lowest BCUT2D eigenvalue weighted by Crippen LogP contribution is -2.31. The highest BCUT2D eigenvalue weighted by Gasteiger charge is 2.04. The zero-order chi connectivity index (χ0) is 13.7. The van der Waals surface area contributed by atoms with Crippen LogP contribution in [-0.4, -0.2) is 15.5 Å². The van der Waals surface area contributed by atoms with E-state index in [1.807, 2.05) is 12.1 Å². The first-order valence-electron chi connectivity index (χ1n) is 5.78. The number of nitrogens with zero attached hydrogens (tertiary/aromatic N) is 2. The van der Waals surface area contributed by atoms with Crippen molar-refractivity contribution in [2.75, 3.05) is 5.73 Å². The number of anilines is 1. The van der Waals surface area contributed by atoms with E-state index in [0.717, 1.165) is 5.69 Å². The number of pyridine rings is 2. The number of nitrogens with one attached hydrogen (secondary N) is 1. The smallest absolute Gasteiger partial charge is 0.251 e. The van der Waals surface area contributed by atoms with Gasteiger partial charge in [0.2, 0.25) is 5.91 Å². The summed E-state index contributed by atoms with van der Waals surface area (Å²) in [6.45, 7) is 0.271. The Labute approximate surface area is 109 Å². The lowest BCUT2D eigenvalue weighted by Gasteiger charge is -2.07. The maximum atomic E-state index is 11.7. The van der Waals surface area contributed by atoms with E-state index in [1.54, 1.807) is 12.3 Å². The average Bonchev–Trinajstić information content (AvgIpc) is 2.42. The third kappa shape index (κ3) is 3.67. The average molecular weight is 258 g/mol. The zero-order valence-electron chi connectivity index (χ0n) is 10.2. The second-order valence-corrected chi connectivity index (χ2v) is 4.03. The number of rotatable bonds is 4. The van der Waals surface area contributed by atoms with Crippen LogP contribution in [0.4, 0.5) is 5.69 Å². The summed E-state index contributed by atoms with van der Waals surface area (Å²) < 4.78 is 1.27. The molecule has 2 aromatic heterocycles. The van der Waals surface area contributed by atoms with Gasteiger partial charge in [-0.1, -0.05) is 6.07 Å². The van der Waals surface area contributed by atoms with Crippen molar-refractivity contribution in [3.05, 3.63) is 58.8 Å². The molecule has 0 aliphatic rings. The van der Waals surface area contributed by atoms with Crippen LogP contribution in [0.15, 0.2) is 47.5 Å². The Hall–Kier alpha value is -2.63. The fourth-order valence-corrected chi connectivity index (χ4v) is 1.58. The van der Waals surface area contributed by atoms with Crippen molar-refractivity contribution in [3.63, 3.8) is 0 Å². The monoisotopic (exact) mass is 258 g/mol. The van der Waals surface area contributed by atoms with E-state index in [9.17, 15) is 9.59 Å². The van der Waals surface area contributed by atoms with Gasteiger partial charge in [0.25, 0.3) is 5.56 Å². The van der Waals surface area contributed by atoms with Crippen LogP contribution in [0.25, 0.3) is 0 Å². The summed E-state index contributed by atoms with van der Waals surface area (Å²) in [6.07, 6.45) is 3.10. The highest BCUT2D eigenvalue weighted by Crippen LogP contribution is 1.96. The summed E-state index contributed by atoms with van der Waals surface area (Å²) in [6, 6.07) is 8.30. The largest absolute Gasteiger partial charge is 0.398 e. The standard InChI is InChI=1S/C13H14N4O2/c14-10-4-5-13(19)17(8-10)9-12(18)16-7-11-3-1-2-6-15-11/h1-6,8H,7,9,14H2,(H,16,18). The van der Waals surface area contributed by atoms with Crippen LogP contribution in [-0.2, 0) is 17.9 Å². The van der Waals surface area contributed by atoms with Gasteiger partial charge in [0.1, 0.15) is 6.54 Å². The second-order valence-electron chi connectivity index (χ2n) is 4.03. The van der Waals surface area contributed by atoms with Gasteiger partial charge in [-0.25, -0.2) is 0 Å². The van der Waals surface area contributed by atoms with Crippen LogP contribution >= 0.6 is 0 Å². The van der Waals surface area contributed by atoms with Gasteiger partial charge in [0, 0.05) is 24.1 Å². The third-order valence-electron chi connectivity index (χ3n) is 2.51. The number of carbonyl (C=O) groups is 1. The van der Waals surface area contributed by atoms with Crippen LogP contribution in [0.2, 0.25) is 0 Å². The quantitative estimate of drug-likeness (QED) is 0.816. The fourth-order valence-electron chi connectivity index (χ4n) is 1.58. The lowest BCUT2D eigenvalue weighted by molar-refractivity contribution is -0.121. The first-order chi connectivity index (χ1) is 9.15. The number of hydrogen-bond donors (Lipinski definition) is 2. The molecule has 0 aliphatic carbocycles. The summed E-state index contributed by atoms with van der Waals surface area (Å²) in [5.74, 6) is -0.265. The van der Waals surface area contributed by atoms with E-state index in [-0.39, 0.29) is 18.0 Å². The van der Waals surface area contributed by atoms with Crippen molar-refractivity contribution in [2.45, 2.75) is 13.1 Å². The minimum atomic E-state index is -0.265. The maximum Gasteiger partial charge on any atom is 0.251 e. The number of aromatic nitrogens is 2. The van der Waals surface area contributed by atoms with Crippen molar-refractivity contribution < 1.29 is 4.79 Å². The molecule has 3 N–H and O–H groups in total. The minimum Gasteiger partial charge on any atom is -0.398 e. The summed E-state index contributed by atoms with van der Waals surface area (Å²) in [5, 5.41) is 2.69. The van der Waals surface area contributed by atoms with E-state index in [2.05, 4.69) is 10.3 Å². The van der Waals surface area contributed by atoms with Crippen molar-refractivity contribution in [1.82, 2.24) is 14.9 Å². The van der Waals surface area contributed by atoms with Crippen LogP contribution in [0.1, 0.15) is 5.69 Å². The second kappa shape index (κ2) is 5.81. The highest BCUT2D eigenvalue weighted by molar-refractivity contribution is 5.75. The predicted molar refractivity (Wildman–Crippen MR) is 71.2 cm³/mol. The minimum absolute atomic E-state index is 0.0588. The van der Waals surface area contributed by atoms with Crippen molar-refractivity contribution in [3.8, 4) is 0 Å². The molecule has 6 nitrogen and oxygen atoms in total. The Morgan fingerprint density at radius 3 is 2.89 bits per heavy atom. The molecule has 0 fully saturated rings. The molecule has 2 rings (SSSR count). The molecule has 0 saturated carbocycles. The van der Waals surface area contributed by atoms with E-state index < -0.39 is 0 Å². The molecule has 98 valence electrons. The molecule has 0 aromatic carbocycles. The number of carbonyl (C=O) groups excluding carboxylic acids is 1. The predicted octanol–water partition coefficient (Wildman–Crippen LogP) is 0.142. The summed E-state index contributed by atoms with van der Waals surface area (Å²) >= 11 is 0. The SMILES string of the molecule is Nc1ccc(=O)n(CC(=O)NCc2ccccn2)c1. The molecule has 0 saturated heterocycles. The Balaban J connectivity index is 1.95. The van der Waals surface area contributed by atoms with E-state index >= 15 is 0 Å². The number of nitrogens with two attached hydrogens (primary N) is 1. The molecule has 0 bridgehead atoms. The van der Waals surface area contributed by atoms with E-state index in [1.165, 1.54) is 22.9 Å². The van der Waals surface area contributed by atoms with E-state index in [4.69, 9.17) is 5.73 Å². The zero-order valence-corrected chi connectivity index (χ0v) is 10.2. The summed E-state index contributed by atoms with van der Waals surface area (Å²) in [5.41, 5.74) is 6.51. The topological polar surface area (TPSA) is 90.0 Å². The van der Waals surface area contributed by atoms with Gasteiger partial charge in [-0.3, -0.25) is 14.6 Å². The fraction of sp³-hybridized carbons (Fsp3) is 0.154. The molecule has 2 aromatic rings. The Kier molecular flexibility index (Phi) is 3.92. The van der Waals surface area contributed by atoms with Crippen LogP contribution < -0.4 is 16.6 Å². The molecule has 0 radical (unpaired) electrons. The normalized spacial score (nSPS) is 10.1. The van der Waals surface area contributed by atoms with Gasteiger partial charge in [-0.05, 0) is 18.2 Å². The lowest BCUT2D eigenvalue weighted by atomic mass is 10.3. The number of nitrogen functional groups attached to an aromatic ring is 1. The Morgan fingerprint density at radius 2 is 2.16 bits per heavy atom. The Bertz CT molecular complexity index is 622. The molecule has 6 heteroatoms. The first kappa shape index (κ1) is 12.8. The summed E-state index contributed by atoms with van der Waals surface area (Å²) in [4.78, 5) is 27.3. The van der Waals surface area contributed by atoms with Gasteiger partial charge in [-0.2, -0.15) is 0 Å². The van der Waals surface area contributed by atoms with Gasteiger partial charge in [-0.15, -0.1) is 0 Å². The molecular formula is C13H14N4O2. The first-order valence-corrected chi connectivity index (χ1v) is 5.78. The van der Waals surface area contributed by atoms with Gasteiger partial charge >= 0.3 is 0 Å². The van der Waals surface area contributed by atoms with Crippen LogP contribution in [0, 0.1) is 0 Å². The third-order valence-corrected chi connectivity index (χ3v) is 2.51. The molecule has 0 atom stereocenters. The maximum absolute atomic E-state index is 11.7. The molecule has 0 unspecified atom stereocenters. The van der Waals surface area contributed by atoms with Crippen molar-refractivity contribution in [2.24, 2.45) is 0 Å². The van der Waals surface area contributed by atoms with Crippen molar-refractivity contribution >= 4 is 11.6 Å². The highest BCUT2D eigenvalue weighted by atomic mass is 16.2. The Morgan fingerprint density at radius 1 is 1.32 bits per heavy atom.